The molecule has 26 heavy (non-hydrogen) atoms. The van der Waals surface area contributed by atoms with Crippen LogP contribution in [0.3, 0.4) is 0 Å². The van der Waals surface area contributed by atoms with Gasteiger partial charge in [0.2, 0.25) is 5.91 Å². The molecule has 0 saturated carbocycles. The summed E-state index contributed by atoms with van der Waals surface area (Å²) in [6, 6.07) is 8.94. The monoisotopic (exact) mass is 410 g/mol. The smallest absolute Gasteiger partial charge is 0.263 e. The van der Waals surface area contributed by atoms with Crippen molar-refractivity contribution in [1.82, 2.24) is 10.2 Å². The van der Waals surface area contributed by atoms with Gasteiger partial charge in [0.05, 0.1) is 21.0 Å². The topological polar surface area (TPSA) is 49.4 Å². The summed E-state index contributed by atoms with van der Waals surface area (Å²) in [5.74, 6) is 0.00225. The van der Waals surface area contributed by atoms with Gasteiger partial charge in [-0.1, -0.05) is 35.3 Å². The molecule has 0 aliphatic carbocycles. The molecule has 1 unspecified atom stereocenters. The van der Waals surface area contributed by atoms with Gasteiger partial charge in [-0.3, -0.25) is 9.59 Å². The third-order valence-electron chi connectivity index (χ3n) is 4.69. The Morgan fingerprint density at radius 2 is 1.92 bits per heavy atom. The molecule has 138 valence electrons. The van der Waals surface area contributed by atoms with Crippen molar-refractivity contribution < 1.29 is 9.59 Å². The lowest BCUT2D eigenvalue weighted by atomic mass is 9.95. The van der Waals surface area contributed by atoms with Crippen molar-refractivity contribution in [3.05, 3.63) is 56.2 Å². The number of piperidine rings is 1. The standard InChI is InChI=1S/C19H20Cl2N2O2S/c1-12(14-4-5-15(20)16(21)11-14)22-18(24)13-6-8-23(9-7-13)19(25)17-3-2-10-26-17/h2-5,10-13H,6-9H2,1H3,(H,22,24). The van der Waals surface area contributed by atoms with Crippen LogP contribution >= 0.6 is 34.5 Å². The summed E-state index contributed by atoms with van der Waals surface area (Å²) < 4.78 is 0. The number of carbonyl (C=O) groups is 2. The van der Waals surface area contributed by atoms with Crippen LogP contribution in [0.5, 0.6) is 0 Å². The van der Waals surface area contributed by atoms with Gasteiger partial charge in [-0.25, -0.2) is 0 Å². The van der Waals surface area contributed by atoms with Gasteiger partial charge < -0.3 is 10.2 Å². The van der Waals surface area contributed by atoms with Gasteiger partial charge in [0, 0.05) is 19.0 Å². The minimum atomic E-state index is -0.150. The average Bonchev–Trinajstić information content (AvgIpc) is 3.18. The number of carbonyl (C=O) groups excluding carboxylic acids is 2. The number of nitrogens with zero attached hydrogens (tertiary/aromatic N) is 1. The lowest BCUT2D eigenvalue weighted by Crippen LogP contribution is -2.43. The van der Waals surface area contributed by atoms with E-state index in [1.807, 2.05) is 35.4 Å². The summed E-state index contributed by atoms with van der Waals surface area (Å²) in [7, 11) is 0. The number of rotatable bonds is 4. The maximum atomic E-state index is 12.6. The van der Waals surface area contributed by atoms with E-state index in [0.29, 0.717) is 36.0 Å². The van der Waals surface area contributed by atoms with Crippen molar-refractivity contribution in [3.63, 3.8) is 0 Å². The molecule has 1 saturated heterocycles. The lowest BCUT2D eigenvalue weighted by Gasteiger charge is -2.31. The molecule has 2 aromatic rings. The summed E-state index contributed by atoms with van der Waals surface area (Å²) in [6.07, 6.45) is 1.36. The van der Waals surface area contributed by atoms with Crippen molar-refractivity contribution in [2.45, 2.75) is 25.8 Å². The second-order valence-corrected chi connectivity index (χ2v) is 8.21. The number of nitrogens with one attached hydrogen (secondary N) is 1. The largest absolute Gasteiger partial charge is 0.349 e. The van der Waals surface area contributed by atoms with E-state index in [1.165, 1.54) is 11.3 Å². The summed E-state index contributed by atoms with van der Waals surface area (Å²) in [5.41, 5.74) is 0.915. The number of halogens is 2. The molecule has 0 radical (unpaired) electrons. The van der Waals surface area contributed by atoms with Gasteiger partial charge in [0.25, 0.3) is 5.91 Å². The molecule has 0 bridgehead atoms. The summed E-state index contributed by atoms with van der Waals surface area (Å²) in [5, 5.41) is 5.92. The van der Waals surface area contributed by atoms with Crippen LogP contribution in [0.2, 0.25) is 10.0 Å². The van der Waals surface area contributed by atoms with E-state index in [1.54, 1.807) is 12.1 Å². The first-order valence-electron chi connectivity index (χ1n) is 8.54. The summed E-state index contributed by atoms with van der Waals surface area (Å²) in [6.45, 7) is 3.14. The second-order valence-electron chi connectivity index (χ2n) is 6.45. The average molecular weight is 411 g/mol. The fraction of sp³-hybridized carbons (Fsp3) is 0.368. The number of amides is 2. The van der Waals surface area contributed by atoms with Gasteiger partial charge in [0.15, 0.2) is 0 Å². The third-order valence-corrected chi connectivity index (χ3v) is 6.28. The Morgan fingerprint density at radius 3 is 2.54 bits per heavy atom. The molecule has 1 N–H and O–H groups in total. The van der Waals surface area contributed by atoms with Crippen LogP contribution in [0.1, 0.15) is 41.0 Å². The zero-order valence-corrected chi connectivity index (χ0v) is 16.7. The maximum Gasteiger partial charge on any atom is 0.263 e. The predicted octanol–water partition coefficient (Wildman–Crippen LogP) is 4.78. The van der Waals surface area contributed by atoms with E-state index in [-0.39, 0.29) is 23.8 Å². The normalized spacial score (nSPS) is 16.3. The van der Waals surface area contributed by atoms with E-state index >= 15 is 0 Å². The fourth-order valence-corrected chi connectivity index (χ4v) is 4.09. The molecule has 1 aliphatic rings. The van der Waals surface area contributed by atoms with Crippen LogP contribution < -0.4 is 5.32 Å². The molecule has 0 spiro atoms. The molecule has 1 aromatic heterocycles. The van der Waals surface area contributed by atoms with Crippen LogP contribution in [0.25, 0.3) is 0 Å². The molecular weight excluding hydrogens is 391 g/mol. The first-order valence-corrected chi connectivity index (χ1v) is 10.2. The molecular formula is C19H20Cl2N2O2S. The molecule has 7 heteroatoms. The Bertz CT molecular complexity index is 787. The van der Waals surface area contributed by atoms with Gasteiger partial charge >= 0.3 is 0 Å². The minimum absolute atomic E-state index is 0.0202. The van der Waals surface area contributed by atoms with E-state index in [9.17, 15) is 9.59 Å². The van der Waals surface area contributed by atoms with Crippen molar-refractivity contribution in [2.75, 3.05) is 13.1 Å². The zero-order chi connectivity index (χ0) is 18.7. The van der Waals surface area contributed by atoms with Crippen LogP contribution in [-0.4, -0.2) is 29.8 Å². The number of likely N-dealkylation sites (tertiary alicyclic amines) is 1. The van der Waals surface area contributed by atoms with Gasteiger partial charge in [0.1, 0.15) is 0 Å². The Labute approximate surface area is 167 Å². The van der Waals surface area contributed by atoms with E-state index in [4.69, 9.17) is 23.2 Å². The van der Waals surface area contributed by atoms with Crippen LogP contribution in [-0.2, 0) is 4.79 Å². The highest BCUT2D eigenvalue weighted by Gasteiger charge is 2.28. The van der Waals surface area contributed by atoms with Crippen molar-refractivity contribution in [3.8, 4) is 0 Å². The molecule has 1 aromatic carbocycles. The molecule has 4 nitrogen and oxygen atoms in total. The first kappa shape index (κ1) is 19.2. The molecule has 2 amide bonds. The summed E-state index contributed by atoms with van der Waals surface area (Å²) >= 11 is 13.4. The quantitative estimate of drug-likeness (QED) is 0.787. The van der Waals surface area contributed by atoms with E-state index in [0.717, 1.165) is 10.4 Å². The van der Waals surface area contributed by atoms with Gasteiger partial charge in [-0.05, 0) is 48.9 Å². The fourth-order valence-electron chi connectivity index (χ4n) is 3.10. The second kappa shape index (κ2) is 8.42. The van der Waals surface area contributed by atoms with Crippen LogP contribution in [0.15, 0.2) is 35.7 Å². The minimum Gasteiger partial charge on any atom is -0.349 e. The predicted molar refractivity (Wildman–Crippen MR) is 106 cm³/mol. The molecule has 3 rings (SSSR count). The van der Waals surface area contributed by atoms with Gasteiger partial charge in [-0.2, -0.15) is 0 Å². The highest BCUT2D eigenvalue weighted by molar-refractivity contribution is 7.12. The summed E-state index contributed by atoms with van der Waals surface area (Å²) in [4.78, 5) is 27.5. The maximum absolute atomic E-state index is 12.6. The van der Waals surface area contributed by atoms with Crippen molar-refractivity contribution in [2.24, 2.45) is 5.92 Å². The third kappa shape index (κ3) is 4.40. The van der Waals surface area contributed by atoms with Gasteiger partial charge in [-0.15, -0.1) is 11.3 Å². The number of hydrogen-bond acceptors (Lipinski definition) is 3. The molecule has 1 atom stereocenters. The SMILES string of the molecule is CC(NC(=O)C1CCN(C(=O)c2cccs2)CC1)c1ccc(Cl)c(Cl)c1. The number of benzene rings is 1. The Kier molecular flexibility index (Phi) is 6.22. The Balaban J connectivity index is 1.53. The molecule has 1 fully saturated rings. The highest BCUT2D eigenvalue weighted by atomic mass is 35.5. The Hall–Kier alpha value is -1.56. The number of thiophene rings is 1. The van der Waals surface area contributed by atoms with Crippen LogP contribution in [0, 0.1) is 5.92 Å². The van der Waals surface area contributed by atoms with E-state index in [2.05, 4.69) is 5.32 Å². The van der Waals surface area contributed by atoms with Crippen molar-refractivity contribution >= 4 is 46.4 Å². The van der Waals surface area contributed by atoms with Crippen molar-refractivity contribution in [1.29, 1.82) is 0 Å². The first-order chi connectivity index (χ1) is 12.5. The zero-order valence-electron chi connectivity index (χ0n) is 14.4. The number of hydrogen-bond donors (Lipinski definition) is 1. The van der Waals surface area contributed by atoms with Crippen LogP contribution in [0.4, 0.5) is 0 Å². The lowest BCUT2D eigenvalue weighted by molar-refractivity contribution is -0.126. The highest BCUT2D eigenvalue weighted by Crippen LogP contribution is 2.26. The molecule has 2 heterocycles. The van der Waals surface area contributed by atoms with E-state index < -0.39 is 0 Å². The molecule has 1 aliphatic heterocycles. The Morgan fingerprint density at radius 1 is 1.19 bits per heavy atom.